The Bertz CT molecular complexity index is 481. The van der Waals surface area contributed by atoms with Crippen LogP contribution in [0.2, 0.25) is 0 Å². The maximum absolute atomic E-state index is 11.5. The SMILES string of the molecule is CC(OC(=O)C(F)(F)F)OC(=O)C(F)(F)F.Cc1ccccc1. The molecule has 0 bridgehead atoms. The molecule has 0 N–H and O–H groups in total. The molecule has 0 aliphatic heterocycles. The van der Waals surface area contributed by atoms with Crippen LogP contribution in [0.5, 0.6) is 0 Å². The van der Waals surface area contributed by atoms with Crippen molar-refractivity contribution < 1.29 is 45.4 Å². The summed E-state index contributed by atoms with van der Waals surface area (Å²) in [6.07, 6.45) is -13.0. The Morgan fingerprint density at radius 2 is 1.22 bits per heavy atom. The van der Waals surface area contributed by atoms with Gasteiger partial charge in [0.1, 0.15) is 0 Å². The van der Waals surface area contributed by atoms with Crippen LogP contribution in [0.15, 0.2) is 30.3 Å². The van der Waals surface area contributed by atoms with Crippen molar-refractivity contribution in [1.29, 1.82) is 0 Å². The van der Waals surface area contributed by atoms with Crippen molar-refractivity contribution >= 4 is 11.9 Å². The molecular formula is C13H12F6O4. The Kier molecular flexibility index (Phi) is 7.57. The molecule has 10 heteroatoms. The minimum Gasteiger partial charge on any atom is -0.419 e. The Hall–Kier alpha value is -2.26. The number of rotatable bonds is 2. The van der Waals surface area contributed by atoms with E-state index in [4.69, 9.17) is 0 Å². The van der Waals surface area contributed by atoms with Gasteiger partial charge in [-0.05, 0) is 6.92 Å². The molecule has 0 saturated heterocycles. The second kappa shape index (κ2) is 8.39. The van der Waals surface area contributed by atoms with E-state index in [1.54, 1.807) is 0 Å². The summed E-state index contributed by atoms with van der Waals surface area (Å²) < 4.78 is 76.0. The largest absolute Gasteiger partial charge is 0.491 e. The van der Waals surface area contributed by atoms with E-state index in [9.17, 15) is 35.9 Å². The van der Waals surface area contributed by atoms with E-state index in [0.717, 1.165) is 0 Å². The summed E-state index contributed by atoms with van der Waals surface area (Å²) >= 11 is 0. The van der Waals surface area contributed by atoms with Crippen molar-refractivity contribution in [2.75, 3.05) is 0 Å². The molecule has 0 saturated carbocycles. The second-order valence-electron chi connectivity index (χ2n) is 4.03. The first-order valence-corrected chi connectivity index (χ1v) is 5.91. The number of ether oxygens (including phenoxy) is 2. The minimum atomic E-state index is -5.38. The molecular weight excluding hydrogens is 334 g/mol. The quantitative estimate of drug-likeness (QED) is 0.467. The van der Waals surface area contributed by atoms with Gasteiger partial charge in [-0.25, -0.2) is 9.59 Å². The van der Waals surface area contributed by atoms with E-state index in [1.165, 1.54) is 5.56 Å². The van der Waals surface area contributed by atoms with Gasteiger partial charge in [-0.2, -0.15) is 26.3 Å². The van der Waals surface area contributed by atoms with Crippen molar-refractivity contribution in [3.05, 3.63) is 35.9 Å². The zero-order chi connectivity index (χ0) is 18.3. The third-order valence-corrected chi connectivity index (χ3v) is 1.95. The highest BCUT2D eigenvalue weighted by atomic mass is 19.4. The fourth-order valence-electron chi connectivity index (χ4n) is 0.994. The molecule has 1 aromatic carbocycles. The first kappa shape index (κ1) is 20.7. The summed E-state index contributed by atoms with van der Waals surface area (Å²) in [5.74, 6) is -5.51. The van der Waals surface area contributed by atoms with E-state index in [2.05, 4.69) is 28.5 Å². The lowest BCUT2D eigenvalue weighted by Gasteiger charge is -2.15. The van der Waals surface area contributed by atoms with Crippen LogP contribution in [0.25, 0.3) is 0 Å². The van der Waals surface area contributed by atoms with Crippen LogP contribution in [-0.4, -0.2) is 30.6 Å². The average molecular weight is 346 g/mol. The molecule has 0 atom stereocenters. The number of hydrogen-bond acceptors (Lipinski definition) is 4. The average Bonchev–Trinajstić information content (AvgIpc) is 2.37. The van der Waals surface area contributed by atoms with E-state index in [-0.39, 0.29) is 0 Å². The number of carbonyl (C=O) groups is 2. The van der Waals surface area contributed by atoms with E-state index in [0.29, 0.717) is 6.92 Å². The molecule has 4 nitrogen and oxygen atoms in total. The van der Waals surface area contributed by atoms with Gasteiger partial charge in [0.05, 0.1) is 0 Å². The van der Waals surface area contributed by atoms with Gasteiger partial charge in [-0.3, -0.25) is 0 Å². The molecule has 0 spiro atoms. The highest BCUT2D eigenvalue weighted by Crippen LogP contribution is 2.20. The third-order valence-electron chi connectivity index (χ3n) is 1.95. The van der Waals surface area contributed by atoms with Gasteiger partial charge in [-0.15, -0.1) is 0 Å². The predicted molar refractivity (Wildman–Crippen MR) is 64.9 cm³/mol. The normalized spacial score (nSPS) is 11.3. The molecule has 130 valence electrons. The van der Waals surface area contributed by atoms with Gasteiger partial charge in [0.2, 0.25) is 6.29 Å². The number of aryl methyl sites for hydroxylation is 1. The van der Waals surface area contributed by atoms with Gasteiger partial charge in [-0.1, -0.05) is 35.9 Å². The molecule has 0 radical (unpaired) electrons. The van der Waals surface area contributed by atoms with Crippen molar-refractivity contribution in [2.24, 2.45) is 0 Å². The summed E-state index contributed by atoms with van der Waals surface area (Å²) in [6.45, 7) is 2.62. The number of hydrogen-bond donors (Lipinski definition) is 0. The zero-order valence-corrected chi connectivity index (χ0v) is 11.9. The standard InChI is InChI=1S/C7H8.C6H4F6O4/c1-7-5-3-2-4-6-7;1-2(15-3(13)5(7,8)9)16-4(14)6(10,11)12/h2-6H,1H3;2H,1H3. The zero-order valence-electron chi connectivity index (χ0n) is 11.9. The Balaban J connectivity index is 0.000000568. The van der Waals surface area contributed by atoms with Gasteiger partial charge >= 0.3 is 24.3 Å². The molecule has 0 heterocycles. The highest BCUT2D eigenvalue weighted by Gasteiger charge is 2.45. The van der Waals surface area contributed by atoms with Crippen LogP contribution in [-0.2, 0) is 19.1 Å². The molecule has 0 fully saturated rings. The number of alkyl halides is 6. The fourth-order valence-corrected chi connectivity index (χ4v) is 0.994. The molecule has 23 heavy (non-hydrogen) atoms. The third kappa shape index (κ3) is 9.38. The van der Waals surface area contributed by atoms with Crippen LogP contribution in [0.3, 0.4) is 0 Å². The van der Waals surface area contributed by atoms with Crippen LogP contribution in [0, 0.1) is 6.92 Å². The van der Waals surface area contributed by atoms with Gasteiger partial charge in [0, 0.05) is 6.92 Å². The lowest BCUT2D eigenvalue weighted by molar-refractivity contribution is -0.238. The number of esters is 2. The van der Waals surface area contributed by atoms with Crippen LogP contribution in [0.4, 0.5) is 26.3 Å². The smallest absolute Gasteiger partial charge is 0.419 e. The van der Waals surface area contributed by atoms with E-state index in [1.807, 2.05) is 18.2 Å². The van der Waals surface area contributed by atoms with Gasteiger partial charge in [0.25, 0.3) is 0 Å². The van der Waals surface area contributed by atoms with E-state index < -0.39 is 30.6 Å². The Morgan fingerprint density at radius 3 is 1.43 bits per heavy atom. The first-order chi connectivity index (χ1) is 10.3. The monoisotopic (exact) mass is 346 g/mol. The predicted octanol–water partition coefficient (Wildman–Crippen LogP) is 3.54. The molecule has 1 aromatic rings. The van der Waals surface area contributed by atoms with Crippen molar-refractivity contribution in [1.82, 2.24) is 0 Å². The Labute approximate surface area is 127 Å². The summed E-state index contributed by atoms with van der Waals surface area (Å²) in [7, 11) is 0. The Morgan fingerprint density at radius 1 is 0.870 bits per heavy atom. The number of benzene rings is 1. The van der Waals surface area contributed by atoms with Crippen LogP contribution >= 0.6 is 0 Å². The molecule has 0 aliphatic carbocycles. The van der Waals surface area contributed by atoms with Gasteiger partial charge in [0.15, 0.2) is 0 Å². The maximum Gasteiger partial charge on any atom is 0.491 e. The summed E-state index contributed by atoms with van der Waals surface area (Å²) in [6, 6.07) is 10.3. The van der Waals surface area contributed by atoms with Crippen molar-refractivity contribution in [3.8, 4) is 0 Å². The maximum atomic E-state index is 11.5. The molecule has 0 aromatic heterocycles. The highest BCUT2D eigenvalue weighted by molar-refractivity contribution is 5.77. The molecule has 0 aliphatic rings. The minimum absolute atomic E-state index is 0.535. The summed E-state index contributed by atoms with van der Waals surface area (Å²) in [4.78, 5) is 20.2. The molecule has 1 rings (SSSR count). The van der Waals surface area contributed by atoms with Gasteiger partial charge < -0.3 is 9.47 Å². The number of carbonyl (C=O) groups excluding carboxylic acids is 2. The summed E-state index contributed by atoms with van der Waals surface area (Å²) in [5.41, 5.74) is 1.32. The summed E-state index contributed by atoms with van der Waals surface area (Å²) in [5, 5.41) is 0. The topological polar surface area (TPSA) is 52.6 Å². The number of halogens is 6. The lowest BCUT2D eigenvalue weighted by Crippen LogP contribution is -2.34. The molecule has 0 unspecified atom stereocenters. The first-order valence-electron chi connectivity index (χ1n) is 5.91. The van der Waals surface area contributed by atoms with Crippen LogP contribution in [0.1, 0.15) is 12.5 Å². The van der Waals surface area contributed by atoms with E-state index >= 15 is 0 Å². The molecule has 0 amide bonds. The van der Waals surface area contributed by atoms with Crippen LogP contribution < -0.4 is 0 Å². The lowest BCUT2D eigenvalue weighted by atomic mass is 10.2. The fraction of sp³-hybridized carbons (Fsp3) is 0.385. The second-order valence-corrected chi connectivity index (χ2v) is 4.03. The van der Waals surface area contributed by atoms with Crippen molar-refractivity contribution in [2.45, 2.75) is 32.5 Å². The van der Waals surface area contributed by atoms with Crippen molar-refractivity contribution in [3.63, 3.8) is 0 Å².